The highest BCUT2D eigenvalue weighted by molar-refractivity contribution is 7.45. The van der Waals surface area contributed by atoms with Gasteiger partial charge in [-0.25, -0.2) is 0 Å². The summed E-state index contributed by atoms with van der Waals surface area (Å²) in [5.74, 6) is -0.889. The lowest BCUT2D eigenvalue weighted by Gasteiger charge is -2.28. The highest BCUT2D eigenvalue weighted by Gasteiger charge is 2.21. The van der Waals surface area contributed by atoms with Crippen molar-refractivity contribution in [3.63, 3.8) is 0 Å². The second kappa shape index (κ2) is 39.6. The summed E-state index contributed by atoms with van der Waals surface area (Å²) >= 11 is 0. The first-order valence-corrected chi connectivity index (χ1v) is 23.8. The Labute approximate surface area is 354 Å². The SMILES string of the molecule is CC/C=C/C=C/C=C/CCCCCCCC(=O)OC(COC(=O)CCCCCCC/C=C/C/C=C/C/C=C/C/C=C/CCCCC)COP(=O)([O-])OCC[N+](C)(C)C. The number of ether oxygens (including phenoxy) is 2. The molecule has 0 aliphatic rings. The summed E-state index contributed by atoms with van der Waals surface area (Å²) in [4.78, 5) is 37.5. The van der Waals surface area contributed by atoms with Crippen LogP contribution in [-0.2, 0) is 32.7 Å². The normalized spacial score (nSPS) is 14.4. The van der Waals surface area contributed by atoms with Crippen molar-refractivity contribution in [2.45, 2.75) is 161 Å². The van der Waals surface area contributed by atoms with E-state index in [2.05, 4.69) is 80.7 Å². The number of likely N-dealkylation sites (N-methyl/N-ethyl adjacent to an activating group) is 1. The summed E-state index contributed by atoms with van der Waals surface area (Å²) in [6.45, 7) is 3.99. The number of phosphoric acid groups is 1. The number of carbonyl (C=O) groups excluding carboxylic acids is 2. The van der Waals surface area contributed by atoms with Gasteiger partial charge in [0.15, 0.2) is 6.10 Å². The third-order valence-electron chi connectivity index (χ3n) is 8.96. The first-order valence-electron chi connectivity index (χ1n) is 22.3. The first kappa shape index (κ1) is 55.2. The molecule has 9 nitrogen and oxygen atoms in total. The van der Waals surface area contributed by atoms with Gasteiger partial charge in [-0.15, -0.1) is 0 Å². The van der Waals surface area contributed by atoms with Gasteiger partial charge in [-0.3, -0.25) is 14.2 Å². The van der Waals surface area contributed by atoms with E-state index in [1.54, 1.807) is 0 Å². The van der Waals surface area contributed by atoms with Crippen molar-refractivity contribution in [1.29, 1.82) is 0 Å². The number of hydrogen-bond acceptors (Lipinski definition) is 8. The molecule has 0 aromatic rings. The van der Waals surface area contributed by atoms with Crippen molar-refractivity contribution in [2.24, 2.45) is 0 Å². The molecule has 0 aromatic heterocycles. The molecule has 58 heavy (non-hydrogen) atoms. The number of nitrogens with zero attached hydrogens (tertiary/aromatic N) is 1. The van der Waals surface area contributed by atoms with Crippen LogP contribution in [0.25, 0.3) is 0 Å². The van der Waals surface area contributed by atoms with Gasteiger partial charge >= 0.3 is 11.9 Å². The smallest absolute Gasteiger partial charge is 0.306 e. The number of hydrogen-bond donors (Lipinski definition) is 0. The molecule has 0 aliphatic carbocycles. The van der Waals surface area contributed by atoms with Crippen molar-refractivity contribution in [2.75, 3.05) is 47.5 Å². The third kappa shape index (κ3) is 42.8. The van der Waals surface area contributed by atoms with E-state index in [-0.39, 0.29) is 26.1 Å². The Kier molecular flexibility index (Phi) is 37.7. The van der Waals surface area contributed by atoms with Gasteiger partial charge in [0.25, 0.3) is 7.82 Å². The van der Waals surface area contributed by atoms with Crippen LogP contribution < -0.4 is 4.89 Å². The Hall–Kier alpha value is -2.81. The van der Waals surface area contributed by atoms with E-state index in [1.165, 1.54) is 25.7 Å². The number of phosphoric ester groups is 1. The first-order chi connectivity index (χ1) is 28.0. The fraction of sp³-hybridized carbons (Fsp3) is 0.667. The summed E-state index contributed by atoms with van der Waals surface area (Å²) in [6.07, 6.45) is 50.4. The number of unbranched alkanes of at least 4 members (excludes halogenated alkanes) is 13. The molecule has 2 atom stereocenters. The molecule has 10 heteroatoms. The van der Waals surface area contributed by atoms with E-state index in [0.717, 1.165) is 89.9 Å². The Morgan fingerprint density at radius 1 is 0.569 bits per heavy atom. The summed E-state index contributed by atoms with van der Waals surface area (Å²) < 4.78 is 33.8. The quantitative estimate of drug-likeness (QED) is 0.0150. The van der Waals surface area contributed by atoms with Crippen LogP contribution in [0.15, 0.2) is 85.1 Å². The molecule has 0 saturated carbocycles. The van der Waals surface area contributed by atoms with Gasteiger partial charge < -0.3 is 27.9 Å². The molecular formula is C48H82NO8P. The fourth-order valence-corrected chi connectivity index (χ4v) is 6.19. The van der Waals surface area contributed by atoms with Gasteiger partial charge in [-0.2, -0.15) is 0 Å². The average molecular weight is 832 g/mol. The Morgan fingerprint density at radius 2 is 1.05 bits per heavy atom. The zero-order valence-electron chi connectivity index (χ0n) is 37.2. The van der Waals surface area contributed by atoms with Gasteiger partial charge in [-0.1, -0.05) is 150 Å². The molecule has 0 bridgehead atoms. The largest absolute Gasteiger partial charge is 0.756 e. The van der Waals surface area contributed by atoms with Crippen molar-refractivity contribution >= 4 is 19.8 Å². The average Bonchev–Trinajstić information content (AvgIpc) is 3.17. The number of quaternary nitrogens is 1. The van der Waals surface area contributed by atoms with E-state index < -0.39 is 32.5 Å². The van der Waals surface area contributed by atoms with E-state index in [9.17, 15) is 19.0 Å². The number of allylic oxidation sites excluding steroid dienone is 14. The zero-order chi connectivity index (χ0) is 42.8. The van der Waals surface area contributed by atoms with Crippen LogP contribution in [0.3, 0.4) is 0 Å². The summed E-state index contributed by atoms with van der Waals surface area (Å²) in [6, 6.07) is 0. The summed E-state index contributed by atoms with van der Waals surface area (Å²) in [5, 5.41) is 0. The maximum Gasteiger partial charge on any atom is 0.306 e. The minimum atomic E-state index is -4.64. The fourth-order valence-electron chi connectivity index (χ4n) is 5.46. The zero-order valence-corrected chi connectivity index (χ0v) is 38.1. The highest BCUT2D eigenvalue weighted by atomic mass is 31.2. The van der Waals surface area contributed by atoms with E-state index in [0.29, 0.717) is 23.9 Å². The number of esters is 2. The van der Waals surface area contributed by atoms with Crippen LogP contribution in [0.1, 0.15) is 155 Å². The molecule has 0 aliphatic heterocycles. The summed E-state index contributed by atoms with van der Waals surface area (Å²) in [7, 11) is 1.12. The van der Waals surface area contributed by atoms with Crippen molar-refractivity contribution in [1.82, 2.24) is 0 Å². The molecule has 332 valence electrons. The summed E-state index contributed by atoms with van der Waals surface area (Å²) in [5.41, 5.74) is 0. The van der Waals surface area contributed by atoms with E-state index >= 15 is 0 Å². The van der Waals surface area contributed by atoms with Gasteiger partial charge in [-0.05, 0) is 77.0 Å². The van der Waals surface area contributed by atoms with Crippen LogP contribution in [0, 0.1) is 0 Å². The molecule has 0 aromatic carbocycles. The monoisotopic (exact) mass is 832 g/mol. The lowest BCUT2D eigenvalue weighted by molar-refractivity contribution is -0.870. The molecular weight excluding hydrogens is 750 g/mol. The lowest BCUT2D eigenvalue weighted by Crippen LogP contribution is -2.37. The molecule has 0 amide bonds. The van der Waals surface area contributed by atoms with Crippen molar-refractivity contribution < 1.29 is 42.1 Å². The molecule has 0 fully saturated rings. The maximum absolute atomic E-state index is 12.6. The minimum absolute atomic E-state index is 0.0434. The van der Waals surface area contributed by atoms with Crippen LogP contribution >= 0.6 is 7.82 Å². The van der Waals surface area contributed by atoms with Crippen molar-refractivity contribution in [3.8, 4) is 0 Å². The molecule has 0 saturated heterocycles. The van der Waals surface area contributed by atoms with Crippen LogP contribution in [0.5, 0.6) is 0 Å². The van der Waals surface area contributed by atoms with Gasteiger partial charge in [0.1, 0.15) is 19.8 Å². The van der Waals surface area contributed by atoms with E-state index in [1.807, 2.05) is 39.4 Å². The van der Waals surface area contributed by atoms with Crippen LogP contribution in [0.4, 0.5) is 0 Å². The molecule has 0 spiro atoms. The number of rotatable bonds is 39. The predicted molar refractivity (Wildman–Crippen MR) is 240 cm³/mol. The van der Waals surface area contributed by atoms with Crippen LogP contribution in [-0.4, -0.2) is 70.0 Å². The topological polar surface area (TPSA) is 111 Å². The van der Waals surface area contributed by atoms with Crippen molar-refractivity contribution in [3.05, 3.63) is 85.1 Å². The van der Waals surface area contributed by atoms with Gasteiger partial charge in [0, 0.05) is 12.8 Å². The molecule has 0 rings (SSSR count). The standard InChI is InChI=1S/C48H82NO8P/c1-6-8-10-12-14-16-18-20-21-22-23-24-25-26-27-29-30-32-34-36-38-40-47(50)54-44-46(45-56-58(52,53)55-43-42-49(3,4)5)57-48(51)41-39-37-35-33-31-28-19-17-15-13-11-9-7-2/h9,11,13-17,19-21,23-24,26-27,46H,6-8,10,12,18,22,25,28-45H2,1-5H3/b11-9+,15-13+,16-14+,19-17+,21-20+,24-23+,27-26+. The second-order valence-corrected chi connectivity index (χ2v) is 17.1. The second-order valence-electron chi connectivity index (χ2n) is 15.7. The Balaban J connectivity index is 4.39. The highest BCUT2D eigenvalue weighted by Crippen LogP contribution is 2.38. The minimum Gasteiger partial charge on any atom is -0.756 e. The number of carbonyl (C=O) groups is 2. The molecule has 0 radical (unpaired) electrons. The molecule has 0 N–H and O–H groups in total. The maximum atomic E-state index is 12.6. The molecule has 2 unspecified atom stereocenters. The van der Waals surface area contributed by atoms with E-state index in [4.69, 9.17) is 18.5 Å². The Bertz CT molecular complexity index is 1260. The lowest BCUT2D eigenvalue weighted by atomic mass is 10.1. The van der Waals surface area contributed by atoms with Gasteiger partial charge in [0.05, 0.1) is 27.7 Å². The predicted octanol–water partition coefficient (Wildman–Crippen LogP) is 12.2. The Morgan fingerprint density at radius 3 is 1.60 bits per heavy atom. The van der Waals surface area contributed by atoms with Crippen LogP contribution in [0.2, 0.25) is 0 Å². The third-order valence-corrected chi connectivity index (χ3v) is 9.92. The van der Waals surface area contributed by atoms with Gasteiger partial charge in [0.2, 0.25) is 0 Å². The molecule has 0 heterocycles.